The van der Waals surface area contributed by atoms with Crippen LogP contribution in [-0.4, -0.2) is 95.4 Å². The molecule has 10 nitrogen and oxygen atoms in total. The van der Waals surface area contributed by atoms with E-state index in [1.165, 1.54) is 7.11 Å². The number of ether oxygens (including phenoxy) is 4. The van der Waals surface area contributed by atoms with Crippen LogP contribution in [0.15, 0.2) is 11.6 Å². The van der Waals surface area contributed by atoms with E-state index in [2.05, 4.69) is 0 Å². The molecule has 2 fully saturated rings. The van der Waals surface area contributed by atoms with E-state index < -0.39 is 61.4 Å². The topological polar surface area (TPSA) is 155 Å². The lowest BCUT2D eigenvalue weighted by molar-refractivity contribution is -0.351. The fraction of sp³-hybridized carbons (Fsp3) is 0.824. The Morgan fingerprint density at radius 1 is 1.19 bits per heavy atom. The van der Waals surface area contributed by atoms with Crippen molar-refractivity contribution in [1.82, 2.24) is 0 Å². The van der Waals surface area contributed by atoms with E-state index in [1.54, 1.807) is 0 Å². The number of methoxy groups -OCH3 is 1. The van der Waals surface area contributed by atoms with Gasteiger partial charge in [-0.1, -0.05) is 6.08 Å². The van der Waals surface area contributed by atoms with E-state index >= 15 is 0 Å². The van der Waals surface area contributed by atoms with Gasteiger partial charge in [0.25, 0.3) is 0 Å². The van der Waals surface area contributed by atoms with Crippen molar-refractivity contribution in [2.24, 2.45) is 17.8 Å². The normalized spacial score (nSPS) is 44.5. The largest absolute Gasteiger partial charge is 0.469 e. The van der Waals surface area contributed by atoms with E-state index in [-0.39, 0.29) is 19.1 Å². The molecule has 0 radical (unpaired) electrons. The first kappa shape index (κ1) is 20.6. The van der Waals surface area contributed by atoms with E-state index in [1.807, 2.05) is 6.08 Å². The summed E-state index contributed by atoms with van der Waals surface area (Å²) in [7, 11) is 1.29. The van der Waals surface area contributed by atoms with Gasteiger partial charge in [-0.15, -0.1) is 0 Å². The smallest absolute Gasteiger partial charge is 0.311 e. The van der Waals surface area contributed by atoms with Crippen LogP contribution in [0.2, 0.25) is 0 Å². The number of aliphatic hydroxyl groups excluding tert-OH is 5. The van der Waals surface area contributed by atoms with Crippen LogP contribution in [0.3, 0.4) is 0 Å². The molecule has 0 aromatic heterocycles. The molecule has 1 aliphatic carbocycles. The van der Waals surface area contributed by atoms with Gasteiger partial charge in [-0.25, -0.2) is 0 Å². The Hall–Kier alpha value is -1.11. The summed E-state index contributed by atoms with van der Waals surface area (Å²) in [5.41, 5.74) is 0.642. The third-order valence-corrected chi connectivity index (χ3v) is 5.59. The maximum atomic E-state index is 12.0. The summed E-state index contributed by atoms with van der Waals surface area (Å²) in [5, 5.41) is 48.8. The van der Waals surface area contributed by atoms with Crippen molar-refractivity contribution in [3.8, 4) is 0 Å². The molecule has 10 heteroatoms. The molecule has 2 saturated heterocycles. The lowest BCUT2D eigenvalue weighted by Gasteiger charge is -2.44. The van der Waals surface area contributed by atoms with Crippen LogP contribution in [0.5, 0.6) is 0 Å². The highest BCUT2D eigenvalue weighted by Gasteiger charge is 2.51. The van der Waals surface area contributed by atoms with Crippen molar-refractivity contribution in [2.75, 3.05) is 26.9 Å². The second kappa shape index (κ2) is 8.50. The van der Waals surface area contributed by atoms with Crippen molar-refractivity contribution in [3.63, 3.8) is 0 Å². The molecule has 0 amide bonds. The number of hydrogen-bond donors (Lipinski definition) is 5. The highest BCUT2D eigenvalue weighted by atomic mass is 16.8. The van der Waals surface area contributed by atoms with Gasteiger partial charge < -0.3 is 44.5 Å². The standard InChI is InChI=1S/C17H26O10/c1-24-15(23)9-6-25-16(11-7(4-18)2-3-8(9)11)27-17-14(22)13(21)12(20)10(5-19)26-17/h2,8-14,16-22H,3-6H2,1H3/t8-,9?,10-,11-,12-,13-,14-,16?,17+/m1/s1. The zero-order valence-corrected chi connectivity index (χ0v) is 14.9. The SMILES string of the molecule is COC(=O)C1COC(O[C@@H]2O[C@H](CO)[C@@H](O)[C@@H](O)[C@H]2O)[C@@H]2C(CO)=CC[C@H]12. The average molecular weight is 390 g/mol. The lowest BCUT2D eigenvalue weighted by atomic mass is 9.79. The molecular formula is C17H26O10. The second-order valence-corrected chi connectivity index (χ2v) is 7.03. The van der Waals surface area contributed by atoms with E-state index in [0.717, 1.165) is 0 Å². The quantitative estimate of drug-likeness (QED) is 0.251. The number of fused-ring (bicyclic) bond motifs is 1. The fourth-order valence-electron chi connectivity index (χ4n) is 4.06. The minimum atomic E-state index is -1.57. The molecule has 2 heterocycles. The van der Waals surface area contributed by atoms with Gasteiger partial charge in [0.05, 0.1) is 32.8 Å². The molecule has 0 saturated carbocycles. The number of carbonyl (C=O) groups excluding carboxylic acids is 1. The minimum Gasteiger partial charge on any atom is -0.469 e. The Bertz CT molecular complexity index is 564. The first-order valence-electron chi connectivity index (χ1n) is 8.88. The van der Waals surface area contributed by atoms with Crippen LogP contribution in [0, 0.1) is 17.8 Å². The monoisotopic (exact) mass is 390 g/mol. The molecule has 2 aliphatic heterocycles. The number of carbonyl (C=O) groups is 1. The van der Waals surface area contributed by atoms with Crippen LogP contribution >= 0.6 is 0 Å². The Kier molecular flexibility index (Phi) is 6.49. The maximum absolute atomic E-state index is 12.0. The molecule has 3 rings (SSSR count). The van der Waals surface area contributed by atoms with Crippen LogP contribution < -0.4 is 0 Å². The third-order valence-electron chi connectivity index (χ3n) is 5.59. The summed E-state index contributed by atoms with van der Waals surface area (Å²) in [6.07, 6.45) is -5.67. The lowest BCUT2D eigenvalue weighted by Crippen LogP contribution is -2.60. The number of rotatable bonds is 5. The Balaban J connectivity index is 1.76. The summed E-state index contributed by atoms with van der Waals surface area (Å²) in [5.74, 6) is -1.60. The molecule has 0 spiro atoms. The maximum Gasteiger partial charge on any atom is 0.311 e. The molecule has 0 bridgehead atoms. The zero-order chi connectivity index (χ0) is 19.7. The van der Waals surface area contributed by atoms with E-state index in [4.69, 9.17) is 18.9 Å². The highest BCUT2D eigenvalue weighted by molar-refractivity contribution is 5.73. The van der Waals surface area contributed by atoms with E-state index in [9.17, 15) is 30.3 Å². The summed E-state index contributed by atoms with van der Waals surface area (Å²) < 4.78 is 21.6. The first-order chi connectivity index (χ1) is 12.9. The summed E-state index contributed by atoms with van der Waals surface area (Å²) in [4.78, 5) is 12.0. The van der Waals surface area contributed by atoms with Crippen LogP contribution in [0.1, 0.15) is 6.42 Å². The van der Waals surface area contributed by atoms with Crippen LogP contribution in [-0.2, 0) is 23.7 Å². The van der Waals surface area contributed by atoms with Crippen molar-refractivity contribution >= 4 is 5.97 Å². The van der Waals surface area contributed by atoms with Crippen molar-refractivity contribution in [2.45, 2.75) is 43.4 Å². The van der Waals surface area contributed by atoms with Gasteiger partial charge in [-0.3, -0.25) is 4.79 Å². The van der Waals surface area contributed by atoms with Gasteiger partial charge in [0.15, 0.2) is 12.6 Å². The first-order valence-corrected chi connectivity index (χ1v) is 8.88. The summed E-state index contributed by atoms with van der Waals surface area (Å²) >= 11 is 0. The summed E-state index contributed by atoms with van der Waals surface area (Å²) in [6.45, 7) is -0.788. The second-order valence-electron chi connectivity index (χ2n) is 7.03. The predicted octanol–water partition coefficient (Wildman–Crippen LogP) is -2.50. The predicted molar refractivity (Wildman–Crippen MR) is 86.9 cm³/mol. The van der Waals surface area contributed by atoms with Crippen LogP contribution in [0.4, 0.5) is 0 Å². The molecular weight excluding hydrogens is 364 g/mol. The molecule has 0 aromatic rings. The number of hydrogen-bond acceptors (Lipinski definition) is 10. The molecule has 2 unspecified atom stereocenters. The van der Waals surface area contributed by atoms with Gasteiger partial charge in [0.1, 0.15) is 24.4 Å². The minimum absolute atomic E-state index is 0.0302. The molecule has 0 aromatic carbocycles. The fourth-order valence-corrected chi connectivity index (χ4v) is 4.06. The van der Waals surface area contributed by atoms with Gasteiger partial charge in [0, 0.05) is 5.92 Å². The number of aliphatic hydroxyl groups is 5. The molecule has 5 N–H and O–H groups in total. The van der Waals surface area contributed by atoms with E-state index in [0.29, 0.717) is 12.0 Å². The summed E-state index contributed by atoms with van der Waals surface area (Å²) in [6, 6.07) is 0. The molecule has 9 atom stereocenters. The molecule has 27 heavy (non-hydrogen) atoms. The van der Waals surface area contributed by atoms with Crippen molar-refractivity contribution in [3.05, 3.63) is 11.6 Å². The zero-order valence-electron chi connectivity index (χ0n) is 14.9. The van der Waals surface area contributed by atoms with Crippen LogP contribution in [0.25, 0.3) is 0 Å². The third kappa shape index (κ3) is 3.76. The van der Waals surface area contributed by atoms with Crippen molar-refractivity contribution in [1.29, 1.82) is 0 Å². The highest BCUT2D eigenvalue weighted by Crippen LogP contribution is 2.45. The number of allylic oxidation sites excluding steroid dienone is 1. The Morgan fingerprint density at radius 3 is 2.56 bits per heavy atom. The van der Waals surface area contributed by atoms with Gasteiger partial charge >= 0.3 is 5.97 Å². The average Bonchev–Trinajstić information content (AvgIpc) is 3.12. The van der Waals surface area contributed by atoms with Gasteiger partial charge in [-0.2, -0.15) is 0 Å². The van der Waals surface area contributed by atoms with Crippen molar-refractivity contribution < 1.29 is 49.3 Å². The Labute approximate surface area is 155 Å². The number of esters is 1. The van der Waals surface area contributed by atoms with Gasteiger partial charge in [0.2, 0.25) is 0 Å². The molecule has 154 valence electrons. The molecule has 3 aliphatic rings. The Morgan fingerprint density at radius 2 is 1.93 bits per heavy atom. The van der Waals surface area contributed by atoms with Gasteiger partial charge in [-0.05, 0) is 17.9 Å².